The highest BCUT2D eigenvalue weighted by atomic mass is 16.6. The van der Waals surface area contributed by atoms with E-state index >= 15 is 0 Å². The van der Waals surface area contributed by atoms with E-state index in [0.29, 0.717) is 11.8 Å². The number of nitro groups is 1. The lowest BCUT2D eigenvalue weighted by Crippen LogP contribution is -2.17. The number of methoxy groups -OCH3 is 2. The van der Waals surface area contributed by atoms with Crippen molar-refractivity contribution >= 4 is 23.8 Å². The van der Waals surface area contributed by atoms with Gasteiger partial charge < -0.3 is 14.2 Å². The van der Waals surface area contributed by atoms with Crippen LogP contribution in [0.4, 0.5) is 16.2 Å². The quantitative estimate of drug-likeness (QED) is 0.485. The van der Waals surface area contributed by atoms with Gasteiger partial charge in [-0.3, -0.25) is 20.2 Å². The molecule has 1 amide bonds. The third-order valence-electron chi connectivity index (χ3n) is 3.18. The van der Waals surface area contributed by atoms with Gasteiger partial charge in [0.2, 0.25) is 0 Å². The molecular weight excluding hydrogens is 332 g/mol. The summed E-state index contributed by atoms with van der Waals surface area (Å²) in [7, 11) is 2.70. The van der Waals surface area contributed by atoms with Crippen molar-refractivity contribution in [3.63, 3.8) is 0 Å². The first-order chi connectivity index (χ1) is 12.0. The predicted octanol–water partition coefficient (Wildman–Crippen LogP) is 3.04. The van der Waals surface area contributed by atoms with Crippen LogP contribution in [-0.2, 0) is 0 Å². The molecule has 0 unspecified atom stereocenters. The standard InChI is InChI=1S/C16H14N2O7/c1-23-14-8-12(5-3-10(14)9-19)25-16(20)17-13-6-4-11(18(21)22)7-15(13)24-2/h3-9H,1-2H3,(H,17,20). The van der Waals surface area contributed by atoms with Gasteiger partial charge >= 0.3 is 6.09 Å². The van der Waals surface area contributed by atoms with Gasteiger partial charge in [-0.2, -0.15) is 0 Å². The number of anilines is 1. The van der Waals surface area contributed by atoms with Crippen molar-refractivity contribution in [2.45, 2.75) is 0 Å². The Morgan fingerprint density at radius 2 is 1.84 bits per heavy atom. The molecule has 2 aromatic carbocycles. The van der Waals surface area contributed by atoms with Crippen LogP contribution in [0.1, 0.15) is 10.4 Å². The number of aldehydes is 1. The van der Waals surface area contributed by atoms with Crippen molar-refractivity contribution in [1.82, 2.24) is 0 Å². The normalized spacial score (nSPS) is 9.84. The van der Waals surface area contributed by atoms with Gasteiger partial charge in [-0.15, -0.1) is 0 Å². The van der Waals surface area contributed by atoms with E-state index in [-0.39, 0.29) is 28.6 Å². The lowest BCUT2D eigenvalue weighted by Gasteiger charge is -2.11. The van der Waals surface area contributed by atoms with Gasteiger partial charge in [0.25, 0.3) is 5.69 Å². The van der Waals surface area contributed by atoms with Crippen molar-refractivity contribution in [2.24, 2.45) is 0 Å². The summed E-state index contributed by atoms with van der Waals surface area (Å²) in [6.45, 7) is 0. The van der Waals surface area contributed by atoms with Crippen LogP contribution in [0.3, 0.4) is 0 Å². The largest absolute Gasteiger partial charge is 0.496 e. The number of rotatable bonds is 6. The zero-order valence-electron chi connectivity index (χ0n) is 13.3. The fourth-order valence-corrected chi connectivity index (χ4v) is 1.99. The topological polar surface area (TPSA) is 117 Å². The smallest absolute Gasteiger partial charge is 0.417 e. The van der Waals surface area contributed by atoms with Crippen molar-refractivity contribution in [1.29, 1.82) is 0 Å². The molecule has 0 spiro atoms. The zero-order chi connectivity index (χ0) is 18.4. The average molecular weight is 346 g/mol. The van der Waals surface area contributed by atoms with Crippen LogP contribution in [0.2, 0.25) is 0 Å². The number of benzene rings is 2. The Morgan fingerprint density at radius 3 is 2.44 bits per heavy atom. The van der Waals surface area contributed by atoms with Gasteiger partial charge in [0.05, 0.1) is 36.5 Å². The SMILES string of the molecule is COc1cc(OC(=O)Nc2ccc([N+](=O)[O-])cc2OC)ccc1C=O. The molecule has 0 radical (unpaired) electrons. The van der Waals surface area contributed by atoms with E-state index < -0.39 is 11.0 Å². The van der Waals surface area contributed by atoms with E-state index in [1.807, 2.05) is 0 Å². The van der Waals surface area contributed by atoms with Crippen molar-refractivity contribution < 1.29 is 28.7 Å². The third kappa shape index (κ3) is 4.22. The Bertz CT molecular complexity index is 820. The Hall–Kier alpha value is -3.62. The summed E-state index contributed by atoms with van der Waals surface area (Å²) in [6.07, 6.45) is -0.224. The maximum absolute atomic E-state index is 12.0. The average Bonchev–Trinajstić information content (AvgIpc) is 2.61. The third-order valence-corrected chi connectivity index (χ3v) is 3.18. The molecule has 0 saturated carbocycles. The molecule has 0 bridgehead atoms. The number of carbonyl (C=O) groups is 2. The van der Waals surface area contributed by atoms with Gasteiger partial charge in [0.15, 0.2) is 6.29 Å². The van der Waals surface area contributed by atoms with E-state index in [4.69, 9.17) is 14.2 Å². The molecule has 0 aliphatic rings. The Morgan fingerprint density at radius 1 is 1.12 bits per heavy atom. The highest BCUT2D eigenvalue weighted by molar-refractivity contribution is 5.89. The minimum absolute atomic E-state index is 0.111. The van der Waals surface area contributed by atoms with Crippen LogP contribution < -0.4 is 19.5 Å². The fraction of sp³-hybridized carbons (Fsp3) is 0.125. The Labute approximate surface area is 142 Å². The molecule has 9 heteroatoms. The maximum Gasteiger partial charge on any atom is 0.417 e. The number of hydrogen-bond acceptors (Lipinski definition) is 7. The van der Waals surface area contributed by atoms with E-state index in [9.17, 15) is 19.7 Å². The monoisotopic (exact) mass is 346 g/mol. The number of nitrogens with zero attached hydrogens (tertiary/aromatic N) is 1. The number of non-ortho nitro benzene ring substituents is 1. The number of ether oxygens (including phenoxy) is 3. The number of hydrogen-bond donors (Lipinski definition) is 1. The second-order valence-electron chi connectivity index (χ2n) is 4.68. The molecule has 0 saturated heterocycles. The predicted molar refractivity (Wildman–Crippen MR) is 87.7 cm³/mol. The highest BCUT2D eigenvalue weighted by Crippen LogP contribution is 2.29. The molecule has 1 N–H and O–H groups in total. The van der Waals surface area contributed by atoms with E-state index in [2.05, 4.69) is 5.32 Å². The number of carbonyl (C=O) groups excluding carboxylic acids is 2. The summed E-state index contributed by atoms with van der Waals surface area (Å²) < 4.78 is 15.1. The molecule has 130 valence electrons. The van der Waals surface area contributed by atoms with E-state index in [0.717, 1.165) is 0 Å². The van der Waals surface area contributed by atoms with E-state index in [1.165, 1.54) is 50.6 Å². The van der Waals surface area contributed by atoms with Crippen LogP contribution in [0.25, 0.3) is 0 Å². The Balaban J connectivity index is 2.15. The van der Waals surface area contributed by atoms with Crippen LogP contribution in [0.5, 0.6) is 17.2 Å². The number of amides is 1. The van der Waals surface area contributed by atoms with Crippen molar-refractivity contribution in [3.8, 4) is 17.2 Å². The summed E-state index contributed by atoms with van der Waals surface area (Å²) in [5.74, 6) is 0.522. The molecule has 0 heterocycles. The lowest BCUT2D eigenvalue weighted by atomic mass is 10.2. The summed E-state index contributed by atoms with van der Waals surface area (Å²) in [5, 5.41) is 13.2. The van der Waals surface area contributed by atoms with Crippen molar-refractivity contribution in [2.75, 3.05) is 19.5 Å². The van der Waals surface area contributed by atoms with Gasteiger partial charge in [0, 0.05) is 12.1 Å². The van der Waals surface area contributed by atoms with Crippen LogP contribution in [0, 0.1) is 10.1 Å². The number of nitrogens with one attached hydrogen (secondary N) is 1. The molecule has 0 aromatic heterocycles. The highest BCUT2D eigenvalue weighted by Gasteiger charge is 2.15. The fourth-order valence-electron chi connectivity index (χ4n) is 1.99. The zero-order valence-corrected chi connectivity index (χ0v) is 13.3. The van der Waals surface area contributed by atoms with Gasteiger partial charge in [-0.05, 0) is 18.2 Å². The van der Waals surface area contributed by atoms with Gasteiger partial charge in [-0.25, -0.2) is 4.79 Å². The molecule has 9 nitrogen and oxygen atoms in total. The number of nitro benzene ring substituents is 1. The molecular formula is C16H14N2O7. The molecule has 0 atom stereocenters. The molecule has 2 rings (SSSR count). The van der Waals surface area contributed by atoms with Crippen LogP contribution in [-0.4, -0.2) is 31.5 Å². The van der Waals surface area contributed by atoms with Crippen molar-refractivity contribution in [3.05, 3.63) is 52.1 Å². The second-order valence-corrected chi connectivity index (χ2v) is 4.68. The summed E-state index contributed by atoms with van der Waals surface area (Å²) in [5.41, 5.74) is 0.340. The van der Waals surface area contributed by atoms with Crippen LogP contribution in [0.15, 0.2) is 36.4 Å². The molecule has 2 aromatic rings. The molecule has 0 aliphatic carbocycles. The minimum Gasteiger partial charge on any atom is -0.496 e. The first-order valence-corrected chi connectivity index (χ1v) is 6.93. The second kappa shape index (κ2) is 7.77. The Kier molecular flexibility index (Phi) is 5.51. The first-order valence-electron chi connectivity index (χ1n) is 6.93. The molecule has 25 heavy (non-hydrogen) atoms. The summed E-state index contributed by atoms with van der Waals surface area (Å²) in [6, 6.07) is 7.99. The maximum atomic E-state index is 12.0. The first kappa shape index (κ1) is 17.7. The molecule has 0 aliphatic heterocycles. The lowest BCUT2D eigenvalue weighted by molar-refractivity contribution is -0.384. The summed E-state index contributed by atoms with van der Waals surface area (Å²) >= 11 is 0. The minimum atomic E-state index is -0.840. The van der Waals surface area contributed by atoms with E-state index in [1.54, 1.807) is 0 Å². The van der Waals surface area contributed by atoms with Crippen LogP contribution >= 0.6 is 0 Å². The van der Waals surface area contributed by atoms with Gasteiger partial charge in [0.1, 0.15) is 17.2 Å². The summed E-state index contributed by atoms with van der Waals surface area (Å²) in [4.78, 5) is 33.0. The molecule has 0 fully saturated rings. The van der Waals surface area contributed by atoms with Gasteiger partial charge in [-0.1, -0.05) is 0 Å².